The van der Waals surface area contributed by atoms with Gasteiger partial charge in [-0.3, -0.25) is 0 Å². The van der Waals surface area contributed by atoms with E-state index in [1.165, 1.54) is 9.21 Å². The molecule has 0 N–H and O–H groups in total. The summed E-state index contributed by atoms with van der Waals surface area (Å²) in [6.07, 6.45) is -2.37. The highest BCUT2D eigenvalue weighted by Gasteiger charge is 2.33. The first-order valence-electron chi connectivity index (χ1n) is 5.78. The number of rotatable bonds is 2. The standard InChI is InChI=1S/C10H13F3N4O2S/c1-20(18,19)17-6-4-16(5-7-17)9-14-3-2-8(15-9)10(11,12)13/h2-3H,4-7H2,1H3. The van der Waals surface area contributed by atoms with Gasteiger partial charge in [-0.15, -0.1) is 0 Å². The molecule has 0 unspecified atom stereocenters. The van der Waals surface area contributed by atoms with E-state index < -0.39 is 21.9 Å². The van der Waals surface area contributed by atoms with Crippen LogP contribution in [0.3, 0.4) is 0 Å². The van der Waals surface area contributed by atoms with Gasteiger partial charge >= 0.3 is 6.18 Å². The van der Waals surface area contributed by atoms with Gasteiger partial charge in [-0.25, -0.2) is 18.4 Å². The minimum Gasteiger partial charge on any atom is -0.338 e. The van der Waals surface area contributed by atoms with E-state index in [4.69, 9.17) is 0 Å². The zero-order valence-corrected chi connectivity index (χ0v) is 11.4. The Bertz CT molecular complexity index is 582. The molecular formula is C10H13F3N4O2S. The molecular weight excluding hydrogens is 297 g/mol. The summed E-state index contributed by atoms with van der Waals surface area (Å²) in [6, 6.07) is 0.802. The lowest BCUT2D eigenvalue weighted by Gasteiger charge is -2.33. The summed E-state index contributed by atoms with van der Waals surface area (Å²) in [7, 11) is -3.28. The lowest BCUT2D eigenvalue weighted by molar-refractivity contribution is -0.141. The Balaban J connectivity index is 2.12. The van der Waals surface area contributed by atoms with Crippen molar-refractivity contribution in [3.05, 3.63) is 18.0 Å². The number of piperazine rings is 1. The molecule has 1 aromatic rings. The molecule has 0 spiro atoms. The van der Waals surface area contributed by atoms with Crippen LogP contribution in [0.25, 0.3) is 0 Å². The van der Waals surface area contributed by atoms with Crippen molar-refractivity contribution in [1.29, 1.82) is 0 Å². The van der Waals surface area contributed by atoms with E-state index in [1.54, 1.807) is 0 Å². The third-order valence-corrected chi connectivity index (χ3v) is 4.23. The van der Waals surface area contributed by atoms with Gasteiger partial charge in [0.05, 0.1) is 6.26 Å². The van der Waals surface area contributed by atoms with Crippen LogP contribution >= 0.6 is 0 Å². The van der Waals surface area contributed by atoms with Gasteiger partial charge in [0.15, 0.2) is 0 Å². The fourth-order valence-electron chi connectivity index (χ4n) is 1.88. The second kappa shape index (κ2) is 5.17. The SMILES string of the molecule is CS(=O)(=O)N1CCN(c2nccc(C(F)(F)F)n2)CC1. The van der Waals surface area contributed by atoms with Crippen molar-refractivity contribution in [2.45, 2.75) is 6.18 Å². The van der Waals surface area contributed by atoms with Gasteiger partial charge in [-0.1, -0.05) is 0 Å². The molecule has 1 saturated heterocycles. The molecule has 0 aliphatic carbocycles. The molecule has 2 rings (SSSR count). The van der Waals surface area contributed by atoms with Crippen molar-refractivity contribution in [3.8, 4) is 0 Å². The summed E-state index contributed by atoms with van der Waals surface area (Å²) >= 11 is 0. The summed E-state index contributed by atoms with van der Waals surface area (Å²) in [6.45, 7) is 0.930. The molecule has 6 nitrogen and oxygen atoms in total. The maximum atomic E-state index is 12.6. The largest absolute Gasteiger partial charge is 0.433 e. The first-order chi connectivity index (χ1) is 9.18. The molecule has 20 heavy (non-hydrogen) atoms. The Hall–Kier alpha value is -1.42. The second-order valence-corrected chi connectivity index (χ2v) is 6.37. The van der Waals surface area contributed by atoms with E-state index >= 15 is 0 Å². The molecule has 10 heteroatoms. The number of halogens is 3. The fourth-order valence-corrected chi connectivity index (χ4v) is 2.70. The van der Waals surface area contributed by atoms with Crippen LogP contribution in [0.15, 0.2) is 12.3 Å². The topological polar surface area (TPSA) is 66.4 Å². The van der Waals surface area contributed by atoms with Crippen LogP contribution in [-0.2, 0) is 16.2 Å². The van der Waals surface area contributed by atoms with Gasteiger partial charge in [0.25, 0.3) is 0 Å². The van der Waals surface area contributed by atoms with Gasteiger partial charge in [0.1, 0.15) is 5.69 Å². The zero-order chi connectivity index (χ0) is 15.0. The van der Waals surface area contributed by atoms with Crippen molar-refractivity contribution < 1.29 is 21.6 Å². The van der Waals surface area contributed by atoms with Crippen LogP contribution in [-0.4, -0.2) is 55.1 Å². The molecule has 0 bridgehead atoms. The van der Waals surface area contributed by atoms with Crippen molar-refractivity contribution in [2.75, 3.05) is 37.3 Å². The van der Waals surface area contributed by atoms with E-state index in [9.17, 15) is 21.6 Å². The van der Waals surface area contributed by atoms with Crippen LogP contribution in [0.5, 0.6) is 0 Å². The first-order valence-corrected chi connectivity index (χ1v) is 7.63. The summed E-state index contributed by atoms with van der Waals surface area (Å²) < 4.78 is 61.6. The summed E-state index contributed by atoms with van der Waals surface area (Å²) in [5.41, 5.74) is -1.01. The van der Waals surface area contributed by atoms with Crippen LogP contribution in [0.2, 0.25) is 0 Å². The Morgan fingerprint density at radius 2 is 1.80 bits per heavy atom. The van der Waals surface area contributed by atoms with Crippen LogP contribution in [0.1, 0.15) is 5.69 Å². The Morgan fingerprint density at radius 1 is 1.20 bits per heavy atom. The van der Waals surface area contributed by atoms with Crippen LogP contribution < -0.4 is 4.90 Å². The molecule has 112 valence electrons. The highest BCUT2D eigenvalue weighted by atomic mass is 32.2. The average molecular weight is 310 g/mol. The molecule has 1 aliphatic rings. The van der Waals surface area contributed by atoms with Gasteiger partial charge in [0, 0.05) is 32.4 Å². The van der Waals surface area contributed by atoms with Gasteiger partial charge in [0.2, 0.25) is 16.0 Å². The van der Waals surface area contributed by atoms with Crippen molar-refractivity contribution in [2.24, 2.45) is 0 Å². The minimum absolute atomic E-state index is 0.0343. The molecule has 2 heterocycles. The quantitative estimate of drug-likeness (QED) is 0.799. The molecule has 0 atom stereocenters. The Labute approximate surface area is 114 Å². The lowest BCUT2D eigenvalue weighted by Crippen LogP contribution is -2.48. The third kappa shape index (κ3) is 3.37. The number of sulfonamides is 1. The molecule has 1 aliphatic heterocycles. The number of hydrogen-bond donors (Lipinski definition) is 0. The smallest absolute Gasteiger partial charge is 0.338 e. The molecule has 0 saturated carbocycles. The molecule has 1 aromatic heterocycles. The summed E-state index contributed by atoms with van der Waals surface area (Å²) in [5.74, 6) is -0.0343. The molecule has 0 amide bonds. The van der Waals surface area contributed by atoms with E-state index in [2.05, 4.69) is 9.97 Å². The highest BCUT2D eigenvalue weighted by molar-refractivity contribution is 7.88. The number of alkyl halides is 3. The fraction of sp³-hybridized carbons (Fsp3) is 0.600. The van der Waals surface area contributed by atoms with Crippen molar-refractivity contribution in [1.82, 2.24) is 14.3 Å². The third-order valence-electron chi connectivity index (χ3n) is 2.92. The Kier molecular flexibility index (Phi) is 3.87. The van der Waals surface area contributed by atoms with E-state index in [1.807, 2.05) is 0 Å². The van der Waals surface area contributed by atoms with Crippen molar-refractivity contribution in [3.63, 3.8) is 0 Å². The number of nitrogens with zero attached hydrogens (tertiary/aromatic N) is 4. The summed E-state index contributed by atoms with van der Waals surface area (Å²) in [4.78, 5) is 8.83. The monoisotopic (exact) mass is 310 g/mol. The van der Waals surface area contributed by atoms with Gasteiger partial charge in [-0.2, -0.15) is 17.5 Å². The molecule has 0 radical (unpaired) electrons. The van der Waals surface area contributed by atoms with Crippen LogP contribution in [0, 0.1) is 0 Å². The highest BCUT2D eigenvalue weighted by Crippen LogP contribution is 2.28. The van der Waals surface area contributed by atoms with Gasteiger partial charge in [-0.05, 0) is 6.07 Å². The lowest BCUT2D eigenvalue weighted by atomic mass is 10.3. The predicted octanol–water partition coefficient (Wildman–Crippen LogP) is 0.577. The van der Waals surface area contributed by atoms with E-state index in [0.29, 0.717) is 0 Å². The Morgan fingerprint density at radius 3 is 2.30 bits per heavy atom. The normalized spacial score (nSPS) is 18.3. The maximum Gasteiger partial charge on any atom is 0.433 e. The second-order valence-electron chi connectivity index (χ2n) is 4.39. The van der Waals surface area contributed by atoms with Crippen LogP contribution in [0.4, 0.5) is 19.1 Å². The zero-order valence-electron chi connectivity index (χ0n) is 10.6. The minimum atomic E-state index is -4.52. The predicted molar refractivity (Wildman–Crippen MR) is 65.7 cm³/mol. The number of hydrogen-bond acceptors (Lipinski definition) is 5. The van der Waals surface area contributed by atoms with E-state index in [0.717, 1.165) is 18.5 Å². The maximum absolute atomic E-state index is 12.6. The number of aromatic nitrogens is 2. The van der Waals surface area contributed by atoms with E-state index in [-0.39, 0.29) is 32.1 Å². The van der Waals surface area contributed by atoms with Gasteiger partial charge < -0.3 is 4.90 Å². The number of anilines is 1. The van der Waals surface area contributed by atoms with Crippen molar-refractivity contribution >= 4 is 16.0 Å². The molecule has 0 aromatic carbocycles. The molecule has 1 fully saturated rings. The first kappa shape index (κ1) is 15.0. The summed E-state index contributed by atoms with van der Waals surface area (Å²) in [5, 5.41) is 0. The average Bonchev–Trinajstić information content (AvgIpc) is 2.37.